The van der Waals surface area contributed by atoms with Gasteiger partial charge in [0.2, 0.25) is 11.8 Å². The van der Waals surface area contributed by atoms with Crippen LogP contribution in [0.5, 0.6) is 17.2 Å². The first-order valence-electron chi connectivity index (χ1n) is 9.64. The number of benzene rings is 2. The molecule has 0 atom stereocenters. The molecule has 0 aromatic heterocycles. The maximum atomic E-state index is 12.2. The Kier molecular flexibility index (Phi) is 6.94. The number of carbonyl (C=O) groups excluding carboxylic acids is 2. The molecule has 7 heteroatoms. The third-order valence-corrected chi connectivity index (χ3v) is 4.65. The van der Waals surface area contributed by atoms with Gasteiger partial charge in [-0.15, -0.1) is 0 Å². The van der Waals surface area contributed by atoms with Crippen LogP contribution in [0.25, 0.3) is 0 Å². The molecule has 2 amide bonds. The molecule has 0 saturated heterocycles. The molecule has 0 spiro atoms. The summed E-state index contributed by atoms with van der Waals surface area (Å²) in [4.78, 5) is 25.9. The zero-order valence-electron chi connectivity index (χ0n) is 16.8. The van der Waals surface area contributed by atoms with Crippen LogP contribution in [0.3, 0.4) is 0 Å². The van der Waals surface area contributed by atoms with Crippen molar-refractivity contribution in [3.05, 3.63) is 48.0 Å². The summed E-state index contributed by atoms with van der Waals surface area (Å²) >= 11 is 0. The van der Waals surface area contributed by atoms with Crippen molar-refractivity contribution in [2.75, 3.05) is 38.3 Å². The first-order valence-corrected chi connectivity index (χ1v) is 9.64. The Balaban J connectivity index is 1.51. The van der Waals surface area contributed by atoms with Crippen LogP contribution in [-0.4, -0.2) is 45.2 Å². The maximum Gasteiger partial charge on any atom is 0.223 e. The van der Waals surface area contributed by atoms with Gasteiger partial charge in [0, 0.05) is 38.2 Å². The molecule has 1 aliphatic heterocycles. The summed E-state index contributed by atoms with van der Waals surface area (Å²) in [5.74, 6) is 1.84. The van der Waals surface area contributed by atoms with Crippen LogP contribution >= 0.6 is 0 Å². The van der Waals surface area contributed by atoms with Gasteiger partial charge in [-0.05, 0) is 36.2 Å². The minimum atomic E-state index is -0.133. The number of ether oxygens (including phenoxy) is 3. The summed E-state index contributed by atoms with van der Waals surface area (Å²) in [7, 11) is 1.63. The Morgan fingerprint density at radius 3 is 2.66 bits per heavy atom. The van der Waals surface area contributed by atoms with E-state index >= 15 is 0 Å². The van der Waals surface area contributed by atoms with E-state index in [1.54, 1.807) is 30.2 Å². The standard InChI is InChI=1S/C22H26N2O5/c1-16(25)24(18-6-7-20-21(15-18)29-13-12-28-20)11-9-22(26)23-10-8-17-4-3-5-19(14-17)27-2/h3-7,14-15H,8-13H2,1-2H3,(H,23,26). The van der Waals surface area contributed by atoms with Crippen LogP contribution < -0.4 is 24.4 Å². The number of fused-ring (bicyclic) bond motifs is 1. The molecule has 154 valence electrons. The van der Waals surface area contributed by atoms with Gasteiger partial charge in [-0.25, -0.2) is 0 Å². The van der Waals surface area contributed by atoms with Gasteiger partial charge in [0.25, 0.3) is 0 Å². The quantitative estimate of drug-likeness (QED) is 0.740. The predicted molar refractivity (Wildman–Crippen MR) is 110 cm³/mol. The Bertz CT molecular complexity index is 868. The van der Waals surface area contributed by atoms with Crippen molar-refractivity contribution in [1.29, 1.82) is 0 Å². The molecular formula is C22H26N2O5. The fourth-order valence-electron chi connectivity index (χ4n) is 3.14. The van der Waals surface area contributed by atoms with Crippen LogP contribution in [0.15, 0.2) is 42.5 Å². The number of methoxy groups -OCH3 is 1. The Morgan fingerprint density at radius 2 is 1.90 bits per heavy atom. The number of amides is 2. The molecule has 2 aromatic carbocycles. The summed E-state index contributed by atoms with van der Waals surface area (Å²) in [5.41, 5.74) is 1.78. The maximum absolute atomic E-state index is 12.2. The SMILES string of the molecule is COc1cccc(CCNC(=O)CCN(C(C)=O)c2ccc3c(c2)OCCO3)c1. The number of carbonyl (C=O) groups is 2. The number of nitrogens with one attached hydrogen (secondary N) is 1. The molecule has 0 aliphatic carbocycles. The van der Waals surface area contributed by atoms with Gasteiger partial charge in [0.05, 0.1) is 7.11 Å². The van der Waals surface area contributed by atoms with Gasteiger partial charge in [-0.3, -0.25) is 9.59 Å². The van der Waals surface area contributed by atoms with Crippen LogP contribution in [0.2, 0.25) is 0 Å². The molecule has 1 heterocycles. The van der Waals surface area contributed by atoms with Gasteiger partial charge >= 0.3 is 0 Å². The topological polar surface area (TPSA) is 77.1 Å². The Labute approximate surface area is 170 Å². The normalized spacial score (nSPS) is 12.2. The van der Waals surface area contributed by atoms with Gasteiger partial charge in [-0.2, -0.15) is 0 Å². The molecule has 0 saturated carbocycles. The number of nitrogens with zero attached hydrogens (tertiary/aromatic N) is 1. The zero-order chi connectivity index (χ0) is 20.6. The second-order valence-electron chi connectivity index (χ2n) is 6.70. The smallest absolute Gasteiger partial charge is 0.223 e. The second kappa shape index (κ2) is 9.82. The van der Waals surface area contributed by atoms with Crippen molar-refractivity contribution in [3.8, 4) is 17.2 Å². The summed E-state index contributed by atoms with van der Waals surface area (Å²) in [6, 6.07) is 13.1. The Morgan fingerprint density at radius 1 is 1.10 bits per heavy atom. The number of hydrogen-bond donors (Lipinski definition) is 1. The highest BCUT2D eigenvalue weighted by Gasteiger charge is 2.18. The number of hydrogen-bond acceptors (Lipinski definition) is 5. The molecule has 0 bridgehead atoms. The van der Waals surface area contributed by atoms with E-state index < -0.39 is 0 Å². The van der Waals surface area contributed by atoms with Crippen molar-refractivity contribution in [2.24, 2.45) is 0 Å². The molecule has 1 aliphatic rings. The lowest BCUT2D eigenvalue weighted by Gasteiger charge is -2.24. The molecule has 2 aromatic rings. The fraction of sp³-hybridized carbons (Fsp3) is 0.364. The van der Waals surface area contributed by atoms with E-state index in [1.807, 2.05) is 24.3 Å². The molecular weight excluding hydrogens is 372 g/mol. The average molecular weight is 398 g/mol. The van der Waals surface area contributed by atoms with E-state index in [0.29, 0.717) is 49.9 Å². The van der Waals surface area contributed by atoms with E-state index in [9.17, 15) is 9.59 Å². The van der Waals surface area contributed by atoms with Crippen molar-refractivity contribution in [1.82, 2.24) is 5.32 Å². The molecule has 1 N–H and O–H groups in total. The fourth-order valence-corrected chi connectivity index (χ4v) is 3.14. The van der Waals surface area contributed by atoms with E-state index in [0.717, 1.165) is 11.3 Å². The lowest BCUT2D eigenvalue weighted by molar-refractivity contribution is -0.121. The summed E-state index contributed by atoms with van der Waals surface area (Å²) in [5, 5.41) is 2.90. The van der Waals surface area contributed by atoms with Gasteiger partial charge < -0.3 is 24.4 Å². The van der Waals surface area contributed by atoms with E-state index in [-0.39, 0.29) is 18.2 Å². The minimum absolute atomic E-state index is 0.100. The lowest BCUT2D eigenvalue weighted by Crippen LogP contribution is -2.34. The third kappa shape index (κ3) is 5.63. The molecule has 0 radical (unpaired) electrons. The van der Waals surface area contributed by atoms with Crippen LogP contribution in [0.4, 0.5) is 5.69 Å². The van der Waals surface area contributed by atoms with Gasteiger partial charge in [0.1, 0.15) is 19.0 Å². The zero-order valence-corrected chi connectivity index (χ0v) is 16.8. The summed E-state index contributed by atoms with van der Waals surface area (Å²) < 4.78 is 16.3. The highest BCUT2D eigenvalue weighted by Crippen LogP contribution is 2.34. The van der Waals surface area contributed by atoms with Crippen LogP contribution in [0, 0.1) is 0 Å². The average Bonchev–Trinajstić information content (AvgIpc) is 2.73. The van der Waals surface area contributed by atoms with Crippen molar-refractivity contribution in [2.45, 2.75) is 19.8 Å². The van der Waals surface area contributed by atoms with Gasteiger partial charge in [0.15, 0.2) is 11.5 Å². The first kappa shape index (κ1) is 20.5. The van der Waals surface area contributed by atoms with Crippen LogP contribution in [0.1, 0.15) is 18.9 Å². The molecule has 7 nitrogen and oxygen atoms in total. The number of anilines is 1. The summed E-state index contributed by atoms with van der Waals surface area (Å²) in [6.45, 7) is 3.29. The van der Waals surface area contributed by atoms with Crippen molar-refractivity contribution < 1.29 is 23.8 Å². The highest BCUT2D eigenvalue weighted by molar-refractivity contribution is 5.92. The first-order chi connectivity index (χ1) is 14.1. The largest absolute Gasteiger partial charge is 0.497 e. The van der Waals surface area contributed by atoms with Gasteiger partial charge in [-0.1, -0.05) is 12.1 Å². The monoisotopic (exact) mass is 398 g/mol. The van der Waals surface area contributed by atoms with E-state index in [1.165, 1.54) is 6.92 Å². The molecule has 0 fully saturated rings. The predicted octanol–water partition coefficient (Wildman–Crippen LogP) is 2.57. The van der Waals surface area contributed by atoms with E-state index in [2.05, 4.69) is 5.32 Å². The highest BCUT2D eigenvalue weighted by atomic mass is 16.6. The second-order valence-corrected chi connectivity index (χ2v) is 6.70. The Hall–Kier alpha value is -3.22. The molecule has 29 heavy (non-hydrogen) atoms. The van der Waals surface area contributed by atoms with Crippen molar-refractivity contribution >= 4 is 17.5 Å². The van der Waals surface area contributed by atoms with Crippen LogP contribution in [-0.2, 0) is 16.0 Å². The van der Waals surface area contributed by atoms with E-state index in [4.69, 9.17) is 14.2 Å². The van der Waals surface area contributed by atoms with Crippen molar-refractivity contribution in [3.63, 3.8) is 0 Å². The molecule has 0 unspecified atom stereocenters. The number of rotatable bonds is 8. The summed E-state index contributed by atoms with van der Waals surface area (Å²) in [6.07, 6.45) is 0.924. The lowest BCUT2D eigenvalue weighted by atomic mass is 10.1. The third-order valence-electron chi connectivity index (χ3n) is 4.65. The minimum Gasteiger partial charge on any atom is -0.497 e. The molecule has 3 rings (SSSR count).